The number of carbonyl (C=O) groups excluding carboxylic acids is 2. The lowest BCUT2D eigenvalue weighted by Crippen LogP contribution is -2.59. The molecule has 0 aromatic heterocycles. The molecule has 2 nitrogen and oxygen atoms in total. The first kappa shape index (κ1) is 11.6. The van der Waals surface area contributed by atoms with Crippen molar-refractivity contribution in [2.24, 2.45) is 0 Å². The second kappa shape index (κ2) is 4.36. The molecule has 0 atom stereocenters. The third kappa shape index (κ3) is 1.83. The Morgan fingerprint density at radius 1 is 1.13 bits per heavy atom. The van der Waals surface area contributed by atoms with Gasteiger partial charge in [-0.05, 0) is 19.0 Å². The fraction of sp³-hybridized carbons (Fsp3) is 0.167. The third-order valence-corrected chi connectivity index (χ3v) is 6.72. The Morgan fingerprint density at radius 2 is 1.60 bits per heavy atom. The average molecular weight is 218 g/mol. The molecule has 0 unspecified atom stereocenters. The van der Waals surface area contributed by atoms with Crippen molar-refractivity contribution in [3.05, 3.63) is 42.6 Å². The van der Waals surface area contributed by atoms with E-state index in [4.69, 9.17) is 0 Å². The van der Waals surface area contributed by atoms with E-state index < -0.39 is 8.07 Å². The molecule has 0 N–H and O–H groups in total. The summed E-state index contributed by atoms with van der Waals surface area (Å²) in [5, 5.41) is 0.701. The Labute approximate surface area is 90.6 Å². The van der Waals surface area contributed by atoms with Crippen molar-refractivity contribution >= 4 is 24.1 Å². The van der Waals surface area contributed by atoms with Gasteiger partial charge in [-0.1, -0.05) is 36.0 Å². The zero-order chi connectivity index (χ0) is 11.5. The van der Waals surface area contributed by atoms with Gasteiger partial charge < -0.3 is 9.59 Å². The van der Waals surface area contributed by atoms with Crippen molar-refractivity contribution in [2.75, 3.05) is 0 Å². The lowest BCUT2D eigenvalue weighted by Gasteiger charge is -2.21. The highest BCUT2D eigenvalue weighted by Crippen LogP contribution is 2.08. The molecule has 3 heteroatoms. The van der Waals surface area contributed by atoms with E-state index in [9.17, 15) is 9.59 Å². The minimum absolute atomic E-state index is 0.0591. The molecule has 0 heterocycles. The van der Waals surface area contributed by atoms with E-state index in [-0.39, 0.29) is 10.8 Å². The predicted octanol–water partition coefficient (Wildman–Crippen LogP) is 1.32. The number of hydrogen-bond donors (Lipinski definition) is 0. The molecule has 0 bridgehead atoms. The first-order valence-corrected chi connectivity index (χ1v) is 6.84. The van der Waals surface area contributed by atoms with Crippen molar-refractivity contribution in [3.8, 4) is 0 Å². The van der Waals surface area contributed by atoms with Gasteiger partial charge in [0.2, 0.25) is 0 Å². The lowest BCUT2D eigenvalue weighted by molar-refractivity contribution is -0.114. The Bertz CT molecular complexity index is 381. The molecule has 0 amide bonds. The van der Waals surface area contributed by atoms with Gasteiger partial charge in [0.15, 0.2) is 0 Å². The zero-order valence-electron chi connectivity index (χ0n) is 8.99. The molecule has 0 saturated heterocycles. The summed E-state index contributed by atoms with van der Waals surface area (Å²) < 4.78 is 0. The highest BCUT2D eigenvalue weighted by molar-refractivity contribution is 7.34. The van der Waals surface area contributed by atoms with E-state index in [2.05, 4.69) is 6.58 Å². The van der Waals surface area contributed by atoms with Crippen LogP contribution in [0.25, 0.3) is 0 Å². The summed E-state index contributed by atoms with van der Waals surface area (Å²) in [4.78, 5) is 23.4. The van der Waals surface area contributed by atoms with Gasteiger partial charge in [-0.2, -0.15) is 0 Å². The van der Waals surface area contributed by atoms with Crippen molar-refractivity contribution in [1.82, 2.24) is 0 Å². The minimum atomic E-state index is -2.81. The second-order valence-corrected chi connectivity index (χ2v) is 7.50. The molecule has 1 aromatic rings. The fourth-order valence-corrected chi connectivity index (χ4v) is 4.60. The highest BCUT2D eigenvalue weighted by atomic mass is 28.3. The molecule has 0 saturated carbocycles. The Balaban J connectivity index is 3.42. The number of benzene rings is 1. The van der Waals surface area contributed by atoms with Crippen molar-refractivity contribution in [3.63, 3.8) is 0 Å². The van der Waals surface area contributed by atoms with Crippen LogP contribution in [0.1, 0.15) is 13.8 Å². The first-order valence-electron chi connectivity index (χ1n) is 4.77. The van der Waals surface area contributed by atoms with Gasteiger partial charge in [-0.3, -0.25) is 0 Å². The quantitative estimate of drug-likeness (QED) is 0.714. The Kier molecular flexibility index (Phi) is 3.37. The van der Waals surface area contributed by atoms with E-state index in [0.29, 0.717) is 0 Å². The van der Waals surface area contributed by atoms with Crippen LogP contribution in [0, 0.1) is 0 Å². The van der Waals surface area contributed by atoms with Gasteiger partial charge >= 0.3 is 0 Å². The van der Waals surface area contributed by atoms with Crippen LogP contribution in [0.3, 0.4) is 0 Å². The van der Waals surface area contributed by atoms with Crippen LogP contribution in [0.2, 0.25) is 0 Å². The molecule has 1 aromatic carbocycles. The van der Waals surface area contributed by atoms with Crippen LogP contribution in [-0.4, -0.2) is 18.9 Å². The van der Waals surface area contributed by atoms with Gasteiger partial charge in [0, 0.05) is 0 Å². The van der Waals surface area contributed by atoms with Gasteiger partial charge in [-0.15, -0.1) is 6.58 Å². The summed E-state index contributed by atoms with van der Waals surface area (Å²) in [6.07, 6.45) is 0. The van der Waals surface area contributed by atoms with E-state index >= 15 is 0 Å². The van der Waals surface area contributed by atoms with E-state index in [0.717, 1.165) is 5.19 Å². The Hall–Kier alpha value is -1.48. The summed E-state index contributed by atoms with van der Waals surface area (Å²) in [6, 6.07) is 9.21. The van der Waals surface area contributed by atoms with E-state index in [1.54, 1.807) is 5.70 Å². The highest BCUT2D eigenvalue weighted by Gasteiger charge is 2.42. The largest absolute Gasteiger partial charge is 0.304 e. The van der Waals surface area contributed by atoms with Crippen LogP contribution >= 0.6 is 0 Å². The minimum Gasteiger partial charge on any atom is -0.304 e. The summed E-state index contributed by atoms with van der Waals surface area (Å²) in [5.41, 5.74) is 1.56. The third-order valence-electron chi connectivity index (χ3n) is 2.65. The molecule has 0 aliphatic rings. The standard InChI is InChI=1S/C12H14O2Si/c1-4-15(10(2)13,11(3)14)12-8-6-5-7-9-12/h4-9H,1H2,2-3H3. The van der Waals surface area contributed by atoms with E-state index in [1.165, 1.54) is 13.8 Å². The second-order valence-electron chi connectivity index (χ2n) is 3.49. The average Bonchev–Trinajstić information content (AvgIpc) is 2.20. The topological polar surface area (TPSA) is 34.1 Å². The zero-order valence-corrected chi connectivity index (χ0v) is 9.99. The summed E-state index contributed by atoms with van der Waals surface area (Å²) in [5.74, 6) is 0. The van der Waals surface area contributed by atoms with E-state index in [1.807, 2.05) is 30.3 Å². The van der Waals surface area contributed by atoms with Crippen molar-refractivity contribution < 1.29 is 9.59 Å². The molecular formula is C12H14O2Si. The SMILES string of the molecule is C=C[Si](C(C)=O)(C(C)=O)c1ccccc1. The van der Waals surface area contributed by atoms with Crippen LogP contribution in [0.15, 0.2) is 42.6 Å². The summed E-state index contributed by atoms with van der Waals surface area (Å²) in [7, 11) is -2.81. The molecule has 1 rings (SSSR count). The monoisotopic (exact) mass is 218 g/mol. The maximum atomic E-state index is 11.7. The number of carbonyl (C=O) groups is 2. The molecule has 78 valence electrons. The van der Waals surface area contributed by atoms with Gasteiger partial charge in [-0.25, -0.2) is 0 Å². The van der Waals surface area contributed by atoms with Crippen LogP contribution in [0.5, 0.6) is 0 Å². The molecule has 0 aliphatic heterocycles. The molecule has 0 radical (unpaired) electrons. The normalized spacial score (nSPS) is 10.8. The molecular weight excluding hydrogens is 204 g/mol. The van der Waals surface area contributed by atoms with Crippen molar-refractivity contribution in [1.29, 1.82) is 0 Å². The van der Waals surface area contributed by atoms with Crippen LogP contribution < -0.4 is 5.19 Å². The summed E-state index contributed by atoms with van der Waals surface area (Å²) in [6.45, 7) is 6.62. The molecule has 0 fully saturated rings. The lowest BCUT2D eigenvalue weighted by atomic mass is 10.4. The smallest absolute Gasteiger partial charge is 0.258 e. The van der Waals surface area contributed by atoms with Crippen LogP contribution in [-0.2, 0) is 9.59 Å². The summed E-state index contributed by atoms with van der Waals surface area (Å²) >= 11 is 0. The fourth-order valence-electron chi connectivity index (χ4n) is 1.76. The molecule has 15 heavy (non-hydrogen) atoms. The van der Waals surface area contributed by atoms with Gasteiger partial charge in [0.05, 0.1) is 0 Å². The number of hydrogen-bond acceptors (Lipinski definition) is 2. The van der Waals surface area contributed by atoms with Gasteiger partial charge in [0.25, 0.3) is 8.07 Å². The first-order chi connectivity index (χ1) is 7.05. The Morgan fingerprint density at radius 3 is 1.93 bits per heavy atom. The molecule has 0 aliphatic carbocycles. The predicted molar refractivity (Wildman–Crippen MR) is 63.4 cm³/mol. The van der Waals surface area contributed by atoms with Crippen molar-refractivity contribution in [2.45, 2.75) is 13.8 Å². The van der Waals surface area contributed by atoms with Crippen LogP contribution in [0.4, 0.5) is 0 Å². The van der Waals surface area contributed by atoms with Gasteiger partial charge in [0.1, 0.15) is 10.8 Å². The maximum Gasteiger partial charge on any atom is 0.258 e. The number of rotatable bonds is 4. The molecule has 0 spiro atoms. The maximum absolute atomic E-state index is 11.7.